The number of hydroxylamine groups is 2. The van der Waals surface area contributed by atoms with Gasteiger partial charge in [-0.05, 0) is 18.6 Å². The number of non-ortho nitro benzene ring substituents is 1. The van der Waals surface area contributed by atoms with Gasteiger partial charge < -0.3 is 4.84 Å². The Hall–Kier alpha value is -2.02. The van der Waals surface area contributed by atoms with Crippen LogP contribution in [0.1, 0.15) is 16.8 Å². The molecule has 0 saturated carbocycles. The Kier molecular flexibility index (Phi) is 3.52. The van der Waals surface area contributed by atoms with Gasteiger partial charge in [0.1, 0.15) is 6.17 Å². The third-order valence-electron chi connectivity index (χ3n) is 2.62. The van der Waals surface area contributed by atoms with Crippen LogP contribution in [0, 0.1) is 10.1 Å². The summed E-state index contributed by atoms with van der Waals surface area (Å²) >= 11 is 0. The summed E-state index contributed by atoms with van der Waals surface area (Å²) in [5.74, 6) is -0.640. The Bertz CT molecular complexity index is 463. The molecule has 0 N–H and O–H groups in total. The molecule has 1 atom stereocenters. The Morgan fingerprint density at radius 2 is 2.11 bits per heavy atom. The molecular weight excluding hydrogens is 243 g/mol. The van der Waals surface area contributed by atoms with Crippen LogP contribution in [-0.2, 0) is 4.84 Å². The number of rotatable bonds is 3. The molecule has 1 fully saturated rings. The van der Waals surface area contributed by atoms with Gasteiger partial charge in [-0.1, -0.05) is 0 Å². The minimum Gasteiger partial charge on any atom is -0.364 e. The molecule has 0 bridgehead atoms. The molecule has 1 aromatic rings. The topological polar surface area (TPSA) is 72.7 Å². The summed E-state index contributed by atoms with van der Waals surface area (Å²) < 4.78 is 12.9. The smallest absolute Gasteiger partial charge is 0.357 e. The minimum absolute atomic E-state index is 0.0682. The zero-order valence-corrected chi connectivity index (χ0v) is 9.41. The van der Waals surface area contributed by atoms with Crippen molar-refractivity contribution >= 4 is 11.7 Å². The molecule has 0 radical (unpaired) electrons. The predicted molar refractivity (Wildman–Crippen MR) is 59.6 cm³/mol. The van der Waals surface area contributed by atoms with Crippen LogP contribution in [0.3, 0.4) is 0 Å². The van der Waals surface area contributed by atoms with Crippen molar-refractivity contribution in [1.29, 1.82) is 0 Å². The van der Waals surface area contributed by atoms with Gasteiger partial charge in [0.15, 0.2) is 0 Å². The summed E-state index contributed by atoms with van der Waals surface area (Å²) in [6.07, 6.45) is -0.636. The number of halogens is 1. The van der Waals surface area contributed by atoms with Crippen LogP contribution >= 0.6 is 0 Å². The number of nitro benzene ring substituents is 1. The maximum Gasteiger partial charge on any atom is 0.357 e. The van der Waals surface area contributed by atoms with Crippen molar-refractivity contribution in [2.75, 3.05) is 13.1 Å². The second kappa shape index (κ2) is 5.09. The van der Waals surface area contributed by atoms with E-state index in [0.717, 1.165) is 0 Å². The highest BCUT2D eigenvalue weighted by Crippen LogP contribution is 2.16. The summed E-state index contributed by atoms with van der Waals surface area (Å²) in [7, 11) is 0. The molecule has 1 unspecified atom stereocenters. The van der Waals surface area contributed by atoms with Crippen LogP contribution in [0.4, 0.5) is 10.1 Å². The molecule has 1 heterocycles. The number of carbonyl (C=O) groups excluding carboxylic acids is 1. The van der Waals surface area contributed by atoms with Gasteiger partial charge in [-0.3, -0.25) is 10.1 Å². The van der Waals surface area contributed by atoms with Gasteiger partial charge in [-0.2, -0.15) is 0 Å². The molecule has 0 amide bonds. The second-order valence-electron chi connectivity index (χ2n) is 3.96. The third kappa shape index (κ3) is 2.80. The lowest BCUT2D eigenvalue weighted by molar-refractivity contribution is -0.384. The fraction of sp³-hybridized carbons (Fsp3) is 0.364. The van der Waals surface area contributed by atoms with Crippen LogP contribution in [0.25, 0.3) is 0 Å². The summed E-state index contributed by atoms with van der Waals surface area (Å²) in [5, 5.41) is 11.7. The maximum absolute atomic E-state index is 12.9. The van der Waals surface area contributed by atoms with Gasteiger partial charge in [0.25, 0.3) is 5.69 Å². The molecule has 1 aliphatic rings. The first kappa shape index (κ1) is 12.4. The molecule has 1 saturated heterocycles. The van der Waals surface area contributed by atoms with Crippen molar-refractivity contribution in [1.82, 2.24) is 5.06 Å². The van der Waals surface area contributed by atoms with Crippen LogP contribution in [-0.4, -0.2) is 35.2 Å². The highest BCUT2D eigenvalue weighted by Gasteiger charge is 2.25. The molecular formula is C11H11FN2O4. The lowest BCUT2D eigenvalue weighted by Gasteiger charge is -2.13. The largest absolute Gasteiger partial charge is 0.364 e. The summed E-state index contributed by atoms with van der Waals surface area (Å²) in [6.45, 7) is 0.429. The molecule has 96 valence electrons. The van der Waals surface area contributed by atoms with E-state index in [1.54, 1.807) is 0 Å². The SMILES string of the molecule is O=C(ON1CCC(F)C1)c1ccc([N+](=O)[O-])cc1. The number of nitrogens with zero attached hydrogens (tertiary/aromatic N) is 2. The van der Waals surface area contributed by atoms with Crippen LogP contribution < -0.4 is 0 Å². The first-order chi connectivity index (χ1) is 8.56. The monoisotopic (exact) mass is 254 g/mol. The van der Waals surface area contributed by atoms with Crippen molar-refractivity contribution in [2.24, 2.45) is 0 Å². The Morgan fingerprint density at radius 1 is 1.44 bits per heavy atom. The van der Waals surface area contributed by atoms with Crippen LogP contribution in [0.2, 0.25) is 0 Å². The Morgan fingerprint density at radius 3 is 2.61 bits per heavy atom. The fourth-order valence-corrected chi connectivity index (χ4v) is 1.66. The lowest BCUT2D eigenvalue weighted by atomic mass is 10.2. The molecule has 1 aromatic carbocycles. The van der Waals surface area contributed by atoms with Crippen LogP contribution in [0.5, 0.6) is 0 Å². The molecule has 7 heteroatoms. The summed E-state index contributed by atoms with van der Waals surface area (Å²) in [6, 6.07) is 5.06. The van der Waals surface area contributed by atoms with E-state index in [-0.39, 0.29) is 17.8 Å². The normalized spacial score (nSPS) is 19.7. The first-order valence-corrected chi connectivity index (χ1v) is 5.42. The van der Waals surface area contributed by atoms with Crippen LogP contribution in [0.15, 0.2) is 24.3 Å². The van der Waals surface area contributed by atoms with Gasteiger partial charge >= 0.3 is 5.97 Å². The number of hydrogen-bond acceptors (Lipinski definition) is 5. The zero-order chi connectivity index (χ0) is 13.1. The number of carbonyl (C=O) groups is 1. The van der Waals surface area contributed by atoms with E-state index in [1.165, 1.54) is 29.3 Å². The highest BCUT2D eigenvalue weighted by atomic mass is 19.1. The van der Waals surface area contributed by atoms with Gasteiger partial charge in [-0.25, -0.2) is 9.18 Å². The average Bonchev–Trinajstić information content (AvgIpc) is 2.75. The van der Waals surface area contributed by atoms with E-state index in [2.05, 4.69) is 0 Å². The van der Waals surface area contributed by atoms with E-state index in [0.29, 0.717) is 13.0 Å². The molecule has 18 heavy (non-hydrogen) atoms. The molecule has 0 aliphatic carbocycles. The van der Waals surface area contributed by atoms with E-state index in [1.807, 2.05) is 0 Å². The molecule has 6 nitrogen and oxygen atoms in total. The summed E-state index contributed by atoms with van der Waals surface area (Å²) in [5.41, 5.74) is 0.0967. The zero-order valence-electron chi connectivity index (χ0n) is 9.41. The maximum atomic E-state index is 12.9. The second-order valence-corrected chi connectivity index (χ2v) is 3.96. The summed E-state index contributed by atoms with van der Waals surface area (Å²) in [4.78, 5) is 26.5. The molecule has 2 rings (SSSR count). The van der Waals surface area contributed by atoms with Gasteiger partial charge in [0.2, 0.25) is 0 Å². The van der Waals surface area contributed by atoms with Crippen molar-refractivity contribution in [3.8, 4) is 0 Å². The van der Waals surface area contributed by atoms with E-state index >= 15 is 0 Å². The Balaban J connectivity index is 1.98. The van der Waals surface area contributed by atoms with Crippen molar-refractivity contribution < 1.29 is 18.9 Å². The third-order valence-corrected chi connectivity index (χ3v) is 2.62. The quantitative estimate of drug-likeness (QED) is 0.606. The fourth-order valence-electron chi connectivity index (χ4n) is 1.66. The number of alkyl halides is 1. The molecule has 0 aromatic heterocycles. The van der Waals surface area contributed by atoms with E-state index < -0.39 is 17.1 Å². The van der Waals surface area contributed by atoms with E-state index in [9.17, 15) is 19.3 Å². The van der Waals surface area contributed by atoms with Crippen molar-refractivity contribution in [3.63, 3.8) is 0 Å². The highest BCUT2D eigenvalue weighted by molar-refractivity contribution is 5.89. The standard InChI is InChI=1S/C11H11FN2O4/c12-9-5-6-13(7-9)18-11(15)8-1-3-10(4-2-8)14(16)17/h1-4,9H,5-7H2. The molecule has 1 aliphatic heterocycles. The van der Waals surface area contributed by atoms with Crippen molar-refractivity contribution in [2.45, 2.75) is 12.6 Å². The Labute approximate surface area is 102 Å². The van der Waals surface area contributed by atoms with Gasteiger partial charge in [-0.15, -0.1) is 5.06 Å². The number of hydrogen-bond donors (Lipinski definition) is 0. The van der Waals surface area contributed by atoms with E-state index in [4.69, 9.17) is 4.84 Å². The predicted octanol–water partition coefficient (Wildman–Crippen LogP) is 1.71. The minimum atomic E-state index is -0.977. The number of benzene rings is 1. The average molecular weight is 254 g/mol. The first-order valence-electron chi connectivity index (χ1n) is 5.42. The molecule has 0 spiro atoms. The lowest BCUT2D eigenvalue weighted by Crippen LogP contribution is -2.25. The van der Waals surface area contributed by atoms with Gasteiger partial charge in [0.05, 0.1) is 17.0 Å². The number of nitro groups is 1. The van der Waals surface area contributed by atoms with Crippen molar-refractivity contribution in [3.05, 3.63) is 39.9 Å². The van der Waals surface area contributed by atoms with Gasteiger partial charge in [0, 0.05) is 18.7 Å².